The Morgan fingerprint density at radius 3 is 2.59 bits per heavy atom. The number of ether oxygens (including phenoxy) is 1. The van der Waals surface area contributed by atoms with E-state index in [9.17, 15) is 9.90 Å². The summed E-state index contributed by atoms with van der Waals surface area (Å²) in [5.41, 5.74) is 3.91. The number of carboxylic acid groups (broad SMARTS) is 1. The minimum Gasteiger partial charge on any atom is -0.497 e. The molecule has 7 nitrogen and oxygen atoms in total. The summed E-state index contributed by atoms with van der Waals surface area (Å²) < 4.78 is 5.32. The highest BCUT2D eigenvalue weighted by Crippen LogP contribution is 2.33. The highest BCUT2D eigenvalue weighted by Gasteiger charge is 2.19. The third kappa shape index (κ3) is 3.35. The molecule has 0 saturated heterocycles. The van der Waals surface area contributed by atoms with E-state index in [1.165, 1.54) is 0 Å². The molecule has 0 saturated carbocycles. The summed E-state index contributed by atoms with van der Waals surface area (Å²) in [7, 11) is 3.60. The number of fused-ring (bicyclic) bond motifs is 2. The monoisotopic (exact) mass is 390 g/mol. The van der Waals surface area contributed by atoms with Crippen molar-refractivity contribution in [3.63, 3.8) is 0 Å². The van der Waals surface area contributed by atoms with Crippen molar-refractivity contribution in [1.29, 1.82) is 0 Å². The number of benzene rings is 2. The second-order valence-electron chi connectivity index (χ2n) is 7.25. The molecular weight excluding hydrogens is 368 g/mol. The van der Waals surface area contributed by atoms with Crippen LogP contribution in [0.5, 0.6) is 5.75 Å². The van der Waals surface area contributed by atoms with Crippen molar-refractivity contribution < 1.29 is 14.6 Å². The molecular formula is C22H22N4O3. The first kappa shape index (κ1) is 18.7. The van der Waals surface area contributed by atoms with Crippen LogP contribution in [0, 0.1) is 0 Å². The molecule has 0 atom stereocenters. The number of hydrogen-bond acceptors (Lipinski definition) is 5. The third-order valence-corrected chi connectivity index (χ3v) is 5.08. The first-order chi connectivity index (χ1) is 13.9. The van der Waals surface area contributed by atoms with Crippen molar-refractivity contribution in [3.8, 4) is 17.1 Å². The van der Waals surface area contributed by atoms with Gasteiger partial charge in [-0.05, 0) is 56.3 Å². The maximum atomic E-state index is 11.3. The van der Waals surface area contributed by atoms with Crippen LogP contribution in [0.15, 0.2) is 42.5 Å². The molecule has 0 amide bonds. The Morgan fingerprint density at radius 1 is 1.10 bits per heavy atom. The number of H-pyrrole nitrogens is 1. The molecule has 4 rings (SSSR count). The van der Waals surface area contributed by atoms with Gasteiger partial charge in [-0.2, -0.15) is 0 Å². The number of carbonyl (C=O) groups is 1. The van der Waals surface area contributed by atoms with Gasteiger partial charge in [0.25, 0.3) is 0 Å². The van der Waals surface area contributed by atoms with Gasteiger partial charge < -0.3 is 19.7 Å². The number of anilines is 1. The summed E-state index contributed by atoms with van der Waals surface area (Å²) in [6.45, 7) is 4.14. The number of rotatable bonds is 5. The predicted octanol–water partition coefficient (Wildman–Crippen LogP) is 4.33. The molecule has 2 aromatic heterocycles. The second-order valence-corrected chi connectivity index (χ2v) is 7.25. The van der Waals surface area contributed by atoms with E-state index >= 15 is 0 Å². The summed E-state index contributed by atoms with van der Waals surface area (Å²) >= 11 is 0. The summed E-state index contributed by atoms with van der Waals surface area (Å²) in [6.07, 6.45) is 0. The fourth-order valence-corrected chi connectivity index (χ4v) is 3.21. The van der Waals surface area contributed by atoms with Crippen LogP contribution < -0.4 is 9.64 Å². The lowest BCUT2D eigenvalue weighted by atomic mass is 10.1. The van der Waals surface area contributed by atoms with E-state index in [0.29, 0.717) is 22.5 Å². The van der Waals surface area contributed by atoms with Gasteiger partial charge in [-0.25, -0.2) is 14.8 Å². The number of aromatic carboxylic acids is 1. The van der Waals surface area contributed by atoms with E-state index in [1.807, 2.05) is 36.2 Å². The third-order valence-electron chi connectivity index (χ3n) is 5.08. The summed E-state index contributed by atoms with van der Waals surface area (Å²) in [5.74, 6) is 0.489. The van der Waals surface area contributed by atoms with Crippen molar-refractivity contribution in [2.75, 3.05) is 19.1 Å². The Morgan fingerprint density at radius 2 is 1.90 bits per heavy atom. The normalized spacial score (nSPS) is 11.3. The van der Waals surface area contributed by atoms with Gasteiger partial charge in [-0.3, -0.25) is 0 Å². The lowest BCUT2D eigenvalue weighted by molar-refractivity contribution is 0.0697. The maximum Gasteiger partial charge on any atom is 0.335 e. The molecule has 29 heavy (non-hydrogen) atoms. The predicted molar refractivity (Wildman–Crippen MR) is 114 cm³/mol. The van der Waals surface area contributed by atoms with Crippen LogP contribution in [-0.2, 0) is 0 Å². The van der Waals surface area contributed by atoms with Crippen LogP contribution in [0.2, 0.25) is 0 Å². The average molecular weight is 390 g/mol. The minimum absolute atomic E-state index is 0.188. The number of carboxylic acids is 1. The van der Waals surface area contributed by atoms with Crippen molar-refractivity contribution in [2.24, 2.45) is 0 Å². The fourth-order valence-electron chi connectivity index (χ4n) is 3.21. The molecule has 0 radical (unpaired) electrons. The lowest BCUT2D eigenvalue weighted by Gasteiger charge is -2.24. The zero-order chi connectivity index (χ0) is 20.7. The first-order valence-corrected chi connectivity index (χ1v) is 9.32. The van der Waals surface area contributed by atoms with Gasteiger partial charge in [0.05, 0.1) is 29.4 Å². The fraction of sp³-hybridized carbons (Fsp3) is 0.227. The summed E-state index contributed by atoms with van der Waals surface area (Å²) in [5, 5.41) is 10.3. The van der Waals surface area contributed by atoms with Gasteiger partial charge >= 0.3 is 5.97 Å². The zero-order valence-electron chi connectivity index (χ0n) is 16.7. The average Bonchev–Trinajstić information content (AvgIpc) is 3.14. The number of aromatic nitrogens is 3. The lowest BCUT2D eigenvalue weighted by Crippen LogP contribution is -2.27. The van der Waals surface area contributed by atoms with Gasteiger partial charge in [0.1, 0.15) is 11.4 Å². The van der Waals surface area contributed by atoms with Gasteiger partial charge in [-0.15, -0.1) is 0 Å². The van der Waals surface area contributed by atoms with Crippen LogP contribution in [0.25, 0.3) is 33.3 Å². The minimum atomic E-state index is -0.985. The van der Waals surface area contributed by atoms with E-state index < -0.39 is 5.97 Å². The quantitative estimate of drug-likeness (QED) is 0.527. The molecule has 0 aliphatic rings. The van der Waals surface area contributed by atoms with E-state index in [2.05, 4.69) is 18.8 Å². The molecule has 0 fully saturated rings. The molecule has 0 aliphatic carbocycles. The van der Waals surface area contributed by atoms with Crippen molar-refractivity contribution >= 4 is 33.7 Å². The summed E-state index contributed by atoms with van der Waals surface area (Å²) in [6, 6.07) is 12.9. The molecule has 0 aliphatic heterocycles. The molecule has 148 valence electrons. The van der Waals surface area contributed by atoms with Gasteiger partial charge in [0, 0.05) is 24.0 Å². The van der Waals surface area contributed by atoms with Crippen molar-refractivity contribution in [2.45, 2.75) is 19.9 Å². The standard InChI is InChI=1S/C22H22N4O3/c1-12(2)26(3)21-20(19-11-14-9-15(29-4)6-8-16(14)23-19)24-17-7-5-13(22(27)28)10-18(17)25-21/h5-12,23H,1-4H3,(H,27,28). The molecule has 2 aromatic carbocycles. The number of methoxy groups -OCH3 is 1. The Balaban J connectivity index is 1.95. The highest BCUT2D eigenvalue weighted by molar-refractivity contribution is 5.94. The Hall–Kier alpha value is -3.61. The van der Waals surface area contributed by atoms with Crippen molar-refractivity contribution in [3.05, 3.63) is 48.0 Å². The number of aromatic amines is 1. The SMILES string of the molecule is COc1ccc2[nH]c(-c3nc4ccc(C(=O)O)cc4nc3N(C)C(C)C)cc2c1. The van der Waals surface area contributed by atoms with Gasteiger partial charge in [-0.1, -0.05) is 0 Å². The summed E-state index contributed by atoms with van der Waals surface area (Å²) in [4.78, 5) is 26.4. The number of hydrogen-bond donors (Lipinski definition) is 2. The molecule has 2 heterocycles. The highest BCUT2D eigenvalue weighted by atomic mass is 16.5. The van der Waals surface area contributed by atoms with Crippen LogP contribution in [0.3, 0.4) is 0 Å². The van der Waals surface area contributed by atoms with E-state index in [-0.39, 0.29) is 11.6 Å². The topological polar surface area (TPSA) is 91.3 Å². The molecule has 2 N–H and O–H groups in total. The van der Waals surface area contributed by atoms with Crippen LogP contribution in [0.1, 0.15) is 24.2 Å². The van der Waals surface area contributed by atoms with Crippen LogP contribution in [0.4, 0.5) is 5.82 Å². The van der Waals surface area contributed by atoms with E-state index in [1.54, 1.807) is 25.3 Å². The molecule has 0 bridgehead atoms. The molecule has 7 heteroatoms. The molecule has 0 spiro atoms. The number of nitrogens with zero attached hydrogens (tertiary/aromatic N) is 3. The second kappa shape index (κ2) is 7.09. The molecule has 4 aromatic rings. The first-order valence-electron chi connectivity index (χ1n) is 9.32. The molecule has 0 unspecified atom stereocenters. The maximum absolute atomic E-state index is 11.3. The Kier molecular flexibility index (Phi) is 4.58. The van der Waals surface area contributed by atoms with Crippen LogP contribution in [-0.4, -0.2) is 46.2 Å². The number of nitrogens with one attached hydrogen (secondary N) is 1. The smallest absolute Gasteiger partial charge is 0.335 e. The van der Waals surface area contributed by atoms with Crippen LogP contribution >= 0.6 is 0 Å². The van der Waals surface area contributed by atoms with Crippen molar-refractivity contribution in [1.82, 2.24) is 15.0 Å². The van der Waals surface area contributed by atoms with E-state index in [0.717, 1.165) is 22.3 Å². The Labute approximate surface area is 168 Å². The van der Waals surface area contributed by atoms with E-state index in [4.69, 9.17) is 14.7 Å². The largest absolute Gasteiger partial charge is 0.497 e. The van der Waals surface area contributed by atoms with Gasteiger partial charge in [0.15, 0.2) is 5.82 Å². The zero-order valence-corrected chi connectivity index (χ0v) is 16.7. The Bertz CT molecular complexity index is 1230. The van der Waals surface area contributed by atoms with Gasteiger partial charge in [0.2, 0.25) is 0 Å².